The predicted molar refractivity (Wildman–Crippen MR) is 87.1 cm³/mol. The highest BCUT2D eigenvalue weighted by molar-refractivity contribution is 7.89. The van der Waals surface area contributed by atoms with Crippen molar-refractivity contribution < 1.29 is 17.9 Å². The summed E-state index contributed by atoms with van der Waals surface area (Å²) in [5.74, 6) is -0.656. The third kappa shape index (κ3) is 3.98. The van der Waals surface area contributed by atoms with Crippen LogP contribution in [0.1, 0.15) is 27.9 Å². The van der Waals surface area contributed by atoms with E-state index < -0.39 is 16.0 Å². The van der Waals surface area contributed by atoms with Crippen LogP contribution < -0.4 is 4.72 Å². The summed E-state index contributed by atoms with van der Waals surface area (Å²) in [5, 5.41) is 5.79. The van der Waals surface area contributed by atoms with Crippen molar-refractivity contribution in [2.24, 2.45) is 7.05 Å². The molecule has 0 fully saturated rings. The average Bonchev–Trinajstić information content (AvgIpc) is 3.05. The van der Waals surface area contributed by atoms with Crippen molar-refractivity contribution in [3.8, 4) is 0 Å². The van der Waals surface area contributed by atoms with Crippen LogP contribution >= 0.6 is 11.3 Å². The van der Waals surface area contributed by atoms with Crippen molar-refractivity contribution in [3.63, 3.8) is 0 Å². The van der Waals surface area contributed by atoms with Crippen LogP contribution in [0.25, 0.3) is 0 Å². The van der Waals surface area contributed by atoms with Crippen molar-refractivity contribution in [1.82, 2.24) is 14.5 Å². The first-order chi connectivity index (χ1) is 10.7. The van der Waals surface area contributed by atoms with Gasteiger partial charge in [-0.1, -0.05) is 0 Å². The first-order valence-electron chi connectivity index (χ1n) is 6.92. The molecule has 0 radical (unpaired) electrons. The lowest BCUT2D eigenvalue weighted by molar-refractivity contribution is 0.0602. The molecule has 7 nitrogen and oxygen atoms in total. The number of esters is 1. The standard InChI is InChI=1S/C14H19N3O4S2/c1-9(7-11-8-17(3)15-10(11)2)16-23(19,20)12-5-6-22-13(12)14(18)21-4/h5-6,8-9,16H,7H2,1-4H3. The summed E-state index contributed by atoms with van der Waals surface area (Å²) in [6, 6.07) is 1.06. The molecule has 23 heavy (non-hydrogen) atoms. The Morgan fingerprint density at radius 3 is 2.78 bits per heavy atom. The Labute approximate surface area is 139 Å². The van der Waals surface area contributed by atoms with E-state index in [1.54, 1.807) is 17.0 Å². The van der Waals surface area contributed by atoms with E-state index in [0.717, 1.165) is 22.6 Å². The molecule has 0 bridgehead atoms. The van der Waals surface area contributed by atoms with E-state index in [1.807, 2.05) is 20.2 Å². The number of carbonyl (C=O) groups excluding carboxylic acids is 1. The number of ether oxygens (including phenoxy) is 1. The van der Waals surface area contributed by atoms with Gasteiger partial charge in [-0.15, -0.1) is 11.3 Å². The number of thiophene rings is 1. The molecule has 2 aromatic heterocycles. The number of nitrogens with zero attached hydrogens (tertiary/aromatic N) is 2. The van der Waals surface area contributed by atoms with Gasteiger partial charge in [-0.3, -0.25) is 4.68 Å². The van der Waals surface area contributed by atoms with Gasteiger partial charge in [-0.05, 0) is 37.3 Å². The summed E-state index contributed by atoms with van der Waals surface area (Å²) in [6.45, 7) is 3.65. The Morgan fingerprint density at radius 2 is 2.22 bits per heavy atom. The van der Waals surface area contributed by atoms with Crippen LogP contribution in [0.3, 0.4) is 0 Å². The third-order valence-corrected chi connectivity index (χ3v) is 5.94. The zero-order valence-electron chi connectivity index (χ0n) is 13.4. The molecule has 0 aromatic carbocycles. The Hall–Kier alpha value is -1.71. The van der Waals surface area contributed by atoms with Gasteiger partial charge in [0.25, 0.3) is 0 Å². The van der Waals surface area contributed by atoms with Crippen molar-refractivity contribution in [1.29, 1.82) is 0 Å². The average molecular weight is 357 g/mol. The topological polar surface area (TPSA) is 90.3 Å². The van der Waals surface area contributed by atoms with Gasteiger partial charge >= 0.3 is 5.97 Å². The van der Waals surface area contributed by atoms with Crippen LogP contribution in [0.4, 0.5) is 0 Å². The van der Waals surface area contributed by atoms with Crippen LogP contribution in [0.15, 0.2) is 22.5 Å². The van der Waals surface area contributed by atoms with Crippen molar-refractivity contribution >= 4 is 27.3 Å². The van der Waals surface area contributed by atoms with Crippen molar-refractivity contribution in [2.75, 3.05) is 7.11 Å². The molecule has 126 valence electrons. The van der Waals surface area contributed by atoms with Crippen LogP contribution in [-0.4, -0.2) is 37.3 Å². The van der Waals surface area contributed by atoms with E-state index in [4.69, 9.17) is 0 Å². The highest BCUT2D eigenvalue weighted by Crippen LogP contribution is 2.23. The molecule has 1 unspecified atom stereocenters. The number of carbonyl (C=O) groups is 1. The summed E-state index contributed by atoms with van der Waals surface area (Å²) < 4.78 is 33.9. The molecule has 1 atom stereocenters. The molecule has 0 spiro atoms. The summed E-state index contributed by atoms with van der Waals surface area (Å²) in [7, 11) is -0.755. The number of methoxy groups -OCH3 is 1. The fraction of sp³-hybridized carbons (Fsp3) is 0.429. The largest absolute Gasteiger partial charge is 0.465 e. The fourth-order valence-electron chi connectivity index (χ4n) is 2.30. The number of aryl methyl sites for hydroxylation is 2. The monoisotopic (exact) mass is 357 g/mol. The molecular weight excluding hydrogens is 338 g/mol. The smallest absolute Gasteiger partial charge is 0.349 e. The minimum Gasteiger partial charge on any atom is -0.465 e. The van der Waals surface area contributed by atoms with Gasteiger partial charge in [0.2, 0.25) is 10.0 Å². The van der Waals surface area contributed by atoms with E-state index >= 15 is 0 Å². The SMILES string of the molecule is COC(=O)c1sccc1S(=O)(=O)NC(C)Cc1cn(C)nc1C. The minimum absolute atomic E-state index is 0.0518. The minimum atomic E-state index is -3.80. The van der Waals surface area contributed by atoms with Gasteiger partial charge in [0, 0.05) is 19.3 Å². The quantitative estimate of drug-likeness (QED) is 0.791. The normalized spacial score (nSPS) is 13.0. The molecule has 0 saturated heterocycles. The summed E-state index contributed by atoms with van der Waals surface area (Å²) >= 11 is 1.04. The van der Waals surface area contributed by atoms with Gasteiger partial charge < -0.3 is 4.74 Å². The Morgan fingerprint density at radius 1 is 1.52 bits per heavy atom. The highest BCUT2D eigenvalue weighted by Gasteiger charge is 2.26. The maximum absolute atomic E-state index is 12.5. The zero-order chi connectivity index (χ0) is 17.2. The first kappa shape index (κ1) is 17.6. The van der Waals surface area contributed by atoms with Gasteiger partial charge in [0.1, 0.15) is 9.77 Å². The van der Waals surface area contributed by atoms with E-state index in [9.17, 15) is 13.2 Å². The van der Waals surface area contributed by atoms with Crippen LogP contribution in [0, 0.1) is 6.92 Å². The van der Waals surface area contributed by atoms with Crippen molar-refractivity contribution in [2.45, 2.75) is 31.2 Å². The highest BCUT2D eigenvalue weighted by atomic mass is 32.2. The molecule has 1 N–H and O–H groups in total. The number of nitrogens with one attached hydrogen (secondary N) is 1. The number of aromatic nitrogens is 2. The van der Waals surface area contributed by atoms with Gasteiger partial charge in [-0.25, -0.2) is 17.9 Å². The summed E-state index contributed by atoms with van der Waals surface area (Å²) in [5.41, 5.74) is 1.84. The maximum atomic E-state index is 12.5. The second-order valence-corrected chi connectivity index (χ2v) is 7.84. The van der Waals surface area contributed by atoms with Gasteiger partial charge in [0.15, 0.2) is 0 Å². The number of rotatable bonds is 6. The summed E-state index contributed by atoms with van der Waals surface area (Å²) in [6.07, 6.45) is 2.38. The second-order valence-electron chi connectivity index (χ2n) is 5.25. The van der Waals surface area contributed by atoms with Crippen LogP contribution in [0.2, 0.25) is 0 Å². The molecular formula is C14H19N3O4S2. The third-order valence-electron chi connectivity index (χ3n) is 3.29. The zero-order valence-corrected chi connectivity index (χ0v) is 15.0. The van der Waals surface area contributed by atoms with Crippen molar-refractivity contribution in [3.05, 3.63) is 33.8 Å². The van der Waals surface area contributed by atoms with Crippen LogP contribution in [0.5, 0.6) is 0 Å². The molecule has 2 heterocycles. The molecule has 0 amide bonds. The van der Waals surface area contributed by atoms with Gasteiger partial charge in [-0.2, -0.15) is 5.10 Å². The molecule has 9 heteroatoms. The Bertz CT molecular complexity index is 808. The fourth-order valence-corrected chi connectivity index (χ4v) is 4.88. The molecule has 0 aliphatic carbocycles. The van der Waals surface area contributed by atoms with E-state index in [1.165, 1.54) is 13.2 Å². The van der Waals surface area contributed by atoms with Crippen LogP contribution in [-0.2, 0) is 28.2 Å². The van der Waals surface area contributed by atoms with E-state index in [-0.39, 0.29) is 15.8 Å². The number of sulfonamides is 1. The first-order valence-corrected chi connectivity index (χ1v) is 9.28. The Kier molecular flexibility index (Phi) is 5.23. The van der Waals surface area contributed by atoms with E-state index in [2.05, 4.69) is 14.6 Å². The lowest BCUT2D eigenvalue weighted by Crippen LogP contribution is -2.34. The number of hydrogen-bond donors (Lipinski definition) is 1. The Balaban J connectivity index is 2.16. The van der Waals surface area contributed by atoms with Gasteiger partial charge in [0.05, 0.1) is 12.8 Å². The second kappa shape index (κ2) is 6.81. The molecule has 0 aliphatic rings. The predicted octanol–water partition coefficient (Wildman–Crippen LogP) is 1.49. The van der Waals surface area contributed by atoms with E-state index in [0.29, 0.717) is 6.42 Å². The number of hydrogen-bond acceptors (Lipinski definition) is 6. The molecule has 2 aromatic rings. The molecule has 2 rings (SSSR count). The molecule has 0 saturated carbocycles. The lowest BCUT2D eigenvalue weighted by atomic mass is 10.1. The maximum Gasteiger partial charge on any atom is 0.349 e. The molecule has 0 aliphatic heterocycles. The lowest BCUT2D eigenvalue weighted by Gasteiger charge is -2.14. The summed E-state index contributed by atoms with van der Waals surface area (Å²) in [4.78, 5) is 11.7.